The van der Waals surface area contributed by atoms with Gasteiger partial charge in [-0.05, 0) is 30.9 Å². The molecule has 3 nitrogen and oxygen atoms in total. The van der Waals surface area contributed by atoms with Crippen molar-refractivity contribution >= 4 is 29.3 Å². The number of hydrogen-bond acceptors (Lipinski definition) is 3. The van der Waals surface area contributed by atoms with E-state index >= 15 is 0 Å². The Morgan fingerprint density at radius 2 is 2.28 bits per heavy atom. The number of benzene rings is 1. The molecule has 0 fully saturated rings. The molecule has 0 spiro atoms. The van der Waals surface area contributed by atoms with Crippen LogP contribution in [0.2, 0.25) is 0 Å². The minimum atomic E-state index is -0.890. The summed E-state index contributed by atoms with van der Waals surface area (Å²) in [5.41, 5.74) is 0.576. The third-order valence-corrected chi connectivity index (χ3v) is 3.65. The molecular formula is C13H18ClNO2S. The van der Waals surface area contributed by atoms with Crippen LogP contribution >= 0.6 is 23.4 Å². The molecule has 0 aromatic heterocycles. The fourth-order valence-electron chi connectivity index (χ4n) is 1.53. The van der Waals surface area contributed by atoms with Gasteiger partial charge in [-0.15, -0.1) is 11.6 Å². The number of carbonyl (C=O) groups excluding carboxylic acids is 1. The summed E-state index contributed by atoms with van der Waals surface area (Å²) < 4.78 is 0. The van der Waals surface area contributed by atoms with Gasteiger partial charge in [0.2, 0.25) is 0 Å². The van der Waals surface area contributed by atoms with Gasteiger partial charge in [0.05, 0.1) is 5.60 Å². The SMILES string of the molecule is CSCC(C)(O)CNC(=O)c1cccc(CCl)c1. The Morgan fingerprint density at radius 3 is 2.89 bits per heavy atom. The van der Waals surface area contributed by atoms with E-state index in [4.69, 9.17) is 11.6 Å². The molecule has 1 atom stereocenters. The Morgan fingerprint density at radius 1 is 1.56 bits per heavy atom. The smallest absolute Gasteiger partial charge is 0.251 e. The van der Waals surface area contributed by atoms with Crippen LogP contribution in [0, 0.1) is 0 Å². The zero-order valence-electron chi connectivity index (χ0n) is 10.6. The molecule has 2 N–H and O–H groups in total. The first kappa shape index (κ1) is 15.3. The second-order valence-corrected chi connectivity index (χ2v) is 5.58. The van der Waals surface area contributed by atoms with Gasteiger partial charge in [0, 0.05) is 23.7 Å². The summed E-state index contributed by atoms with van der Waals surface area (Å²) in [7, 11) is 0. The molecule has 0 saturated carbocycles. The molecule has 100 valence electrons. The second kappa shape index (κ2) is 7.02. The summed E-state index contributed by atoms with van der Waals surface area (Å²) in [6, 6.07) is 7.15. The van der Waals surface area contributed by atoms with E-state index in [0.29, 0.717) is 17.2 Å². The van der Waals surface area contributed by atoms with E-state index in [0.717, 1.165) is 5.56 Å². The van der Waals surface area contributed by atoms with Crippen LogP contribution in [0.3, 0.4) is 0 Å². The number of alkyl halides is 1. The van der Waals surface area contributed by atoms with Crippen LogP contribution in [0.5, 0.6) is 0 Å². The van der Waals surface area contributed by atoms with Crippen LogP contribution in [-0.2, 0) is 5.88 Å². The average molecular weight is 288 g/mol. The highest BCUT2D eigenvalue weighted by Crippen LogP contribution is 2.11. The Balaban J connectivity index is 2.60. The second-order valence-electron chi connectivity index (χ2n) is 4.45. The van der Waals surface area contributed by atoms with Crippen LogP contribution < -0.4 is 5.32 Å². The van der Waals surface area contributed by atoms with E-state index in [-0.39, 0.29) is 12.5 Å². The van der Waals surface area contributed by atoms with Gasteiger partial charge in [-0.25, -0.2) is 0 Å². The van der Waals surface area contributed by atoms with Crippen LogP contribution in [0.4, 0.5) is 0 Å². The van der Waals surface area contributed by atoms with Gasteiger partial charge in [0.1, 0.15) is 0 Å². The molecule has 0 bridgehead atoms. The third-order valence-electron chi connectivity index (χ3n) is 2.43. The molecular weight excluding hydrogens is 270 g/mol. The standard InChI is InChI=1S/C13H18ClNO2S/c1-13(17,9-18-2)8-15-12(16)11-5-3-4-10(6-11)7-14/h3-6,17H,7-9H2,1-2H3,(H,15,16). The molecule has 0 aliphatic rings. The zero-order chi connectivity index (χ0) is 13.6. The average Bonchev–Trinajstić information content (AvgIpc) is 2.36. The van der Waals surface area contributed by atoms with Crippen LogP contribution in [0.25, 0.3) is 0 Å². The monoisotopic (exact) mass is 287 g/mol. The van der Waals surface area contributed by atoms with Crippen molar-refractivity contribution in [2.24, 2.45) is 0 Å². The first-order chi connectivity index (χ1) is 8.48. The third kappa shape index (κ3) is 4.88. The lowest BCUT2D eigenvalue weighted by molar-refractivity contribution is 0.0725. The van der Waals surface area contributed by atoms with Gasteiger partial charge in [-0.3, -0.25) is 4.79 Å². The van der Waals surface area contributed by atoms with Gasteiger partial charge in [0.15, 0.2) is 0 Å². The van der Waals surface area contributed by atoms with Gasteiger partial charge >= 0.3 is 0 Å². The molecule has 0 radical (unpaired) electrons. The number of amides is 1. The lowest BCUT2D eigenvalue weighted by Crippen LogP contribution is -2.42. The van der Waals surface area contributed by atoms with Gasteiger partial charge in [-0.1, -0.05) is 12.1 Å². The predicted octanol–water partition coefficient (Wildman–Crippen LogP) is 2.27. The largest absolute Gasteiger partial charge is 0.387 e. The van der Waals surface area contributed by atoms with Gasteiger partial charge in [0.25, 0.3) is 5.91 Å². The van der Waals surface area contributed by atoms with E-state index in [1.54, 1.807) is 36.9 Å². The fraction of sp³-hybridized carbons (Fsp3) is 0.462. The van der Waals surface area contributed by atoms with Crippen molar-refractivity contribution in [1.82, 2.24) is 5.32 Å². The lowest BCUT2D eigenvalue weighted by Gasteiger charge is -2.22. The maximum Gasteiger partial charge on any atom is 0.251 e. The summed E-state index contributed by atoms with van der Waals surface area (Å²) in [5.74, 6) is 0.767. The highest BCUT2D eigenvalue weighted by Gasteiger charge is 2.20. The van der Waals surface area contributed by atoms with Crippen molar-refractivity contribution in [2.75, 3.05) is 18.6 Å². The topological polar surface area (TPSA) is 49.3 Å². The Hall–Kier alpha value is -0.710. The number of carbonyl (C=O) groups is 1. The number of aliphatic hydroxyl groups is 1. The number of nitrogens with one attached hydrogen (secondary N) is 1. The van der Waals surface area contributed by atoms with Crippen molar-refractivity contribution < 1.29 is 9.90 Å². The molecule has 0 aliphatic carbocycles. The predicted molar refractivity (Wildman–Crippen MR) is 77.3 cm³/mol. The molecule has 1 aromatic rings. The van der Waals surface area contributed by atoms with Crippen LogP contribution in [0.15, 0.2) is 24.3 Å². The quantitative estimate of drug-likeness (QED) is 0.789. The normalized spacial score (nSPS) is 14.0. The highest BCUT2D eigenvalue weighted by molar-refractivity contribution is 7.98. The molecule has 0 aliphatic heterocycles. The molecule has 1 aromatic carbocycles. The minimum Gasteiger partial charge on any atom is -0.387 e. The Labute approximate surface area is 117 Å². The lowest BCUT2D eigenvalue weighted by atomic mass is 10.1. The minimum absolute atomic E-state index is 0.191. The van der Waals surface area contributed by atoms with Gasteiger partial charge < -0.3 is 10.4 Å². The molecule has 1 rings (SSSR count). The van der Waals surface area contributed by atoms with E-state index in [1.807, 2.05) is 12.3 Å². The Bertz CT molecular complexity index is 410. The number of halogens is 1. The summed E-state index contributed by atoms with van der Waals surface area (Å²) in [6.07, 6.45) is 1.92. The van der Waals surface area contributed by atoms with Gasteiger partial charge in [-0.2, -0.15) is 11.8 Å². The van der Waals surface area contributed by atoms with Crippen LogP contribution in [0.1, 0.15) is 22.8 Å². The van der Waals surface area contributed by atoms with Crippen molar-refractivity contribution in [2.45, 2.75) is 18.4 Å². The fourth-order valence-corrected chi connectivity index (χ4v) is 2.42. The molecule has 0 heterocycles. The maximum atomic E-state index is 11.9. The van der Waals surface area contributed by atoms with Crippen molar-refractivity contribution in [3.63, 3.8) is 0 Å². The summed E-state index contributed by atoms with van der Waals surface area (Å²) in [5, 5.41) is 12.7. The van der Waals surface area contributed by atoms with E-state index in [1.165, 1.54) is 0 Å². The number of hydrogen-bond donors (Lipinski definition) is 2. The van der Waals surface area contributed by atoms with Crippen molar-refractivity contribution in [1.29, 1.82) is 0 Å². The molecule has 1 unspecified atom stereocenters. The summed E-state index contributed by atoms with van der Waals surface area (Å²) in [6.45, 7) is 1.94. The van der Waals surface area contributed by atoms with Crippen molar-refractivity contribution in [3.05, 3.63) is 35.4 Å². The molecule has 18 heavy (non-hydrogen) atoms. The summed E-state index contributed by atoms with van der Waals surface area (Å²) >= 11 is 7.26. The Kier molecular flexibility index (Phi) is 5.99. The molecule has 0 saturated heterocycles. The summed E-state index contributed by atoms with van der Waals surface area (Å²) in [4.78, 5) is 11.9. The first-order valence-electron chi connectivity index (χ1n) is 5.63. The van der Waals surface area contributed by atoms with Crippen LogP contribution in [-0.4, -0.2) is 35.2 Å². The van der Waals surface area contributed by atoms with E-state index in [2.05, 4.69) is 5.32 Å². The van der Waals surface area contributed by atoms with E-state index in [9.17, 15) is 9.90 Å². The zero-order valence-corrected chi connectivity index (χ0v) is 12.1. The number of thioether (sulfide) groups is 1. The van der Waals surface area contributed by atoms with E-state index < -0.39 is 5.60 Å². The molecule has 5 heteroatoms. The molecule has 1 amide bonds. The van der Waals surface area contributed by atoms with Crippen molar-refractivity contribution in [3.8, 4) is 0 Å². The maximum absolute atomic E-state index is 11.9. The highest BCUT2D eigenvalue weighted by atomic mass is 35.5. The first-order valence-corrected chi connectivity index (χ1v) is 7.56. The number of rotatable bonds is 6.